The summed E-state index contributed by atoms with van der Waals surface area (Å²) in [6.45, 7) is 1.72. The van der Waals surface area contributed by atoms with Gasteiger partial charge in [0.1, 0.15) is 4.75 Å². The van der Waals surface area contributed by atoms with Crippen molar-refractivity contribution in [2.24, 2.45) is 0 Å². The van der Waals surface area contributed by atoms with Gasteiger partial charge in [-0.1, -0.05) is 85.8 Å². The molecule has 25 heavy (non-hydrogen) atoms. The van der Waals surface area contributed by atoms with E-state index < -0.39 is 26.4 Å². The lowest BCUT2D eigenvalue weighted by Crippen LogP contribution is -2.29. The average molecular weight is 350 g/mol. The van der Waals surface area contributed by atoms with Gasteiger partial charge in [-0.15, -0.1) is 0 Å². The van der Waals surface area contributed by atoms with E-state index >= 15 is 0 Å². The van der Waals surface area contributed by atoms with Crippen molar-refractivity contribution in [3.05, 3.63) is 102 Å². The molecule has 0 amide bonds. The highest BCUT2D eigenvalue weighted by Crippen LogP contribution is 2.69. The molecule has 126 valence electrons. The molecule has 2 atom stereocenters. The predicted molar refractivity (Wildman–Crippen MR) is 100 cm³/mol. The molecular weight excluding hydrogens is 328 g/mol. The van der Waals surface area contributed by atoms with Crippen molar-refractivity contribution >= 4 is 9.84 Å². The first-order valence-electron chi connectivity index (χ1n) is 9.22. The zero-order valence-corrected chi connectivity index (χ0v) is 14.7. The van der Waals surface area contributed by atoms with Crippen LogP contribution in [0.2, 0.25) is 0 Å². The Balaban J connectivity index is 2.07. The molecule has 1 aliphatic rings. The van der Waals surface area contributed by atoms with Crippen LogP contribution in [0.4, 0.5) is 0 Å². The Kier molecular flexibility index (Phi) is 3.08. The van der Waals surface area contributed by atoms with Crippen LogP contribution in [-0.4, -0.2) is 8.42 Å². The lowest BCUT2D eigenvalue weighted by Gasteiger charge is -2.24. The fourth-order valence-corrected chi connectivity index (χ4v) is 5.98. The van der Waals surface area contributed by atoms with Crippen LogP contribution in [0.25, 0.3) is 0 Å². The topological polar surface area (TPSA) is 34.1 Å². The van der Waals surface area contributed by atoms with Gasteiger partial charge in [-0.05, 0) is 29.6 Å². The first-order valence-corrected chi connectivity index (χ1v) is 9.71. The molecule has 0 unspecified atom stereocenters. The highest BCUT2D eigenvalue weighted by atomic mass is 32.2. The highest BCUT2D eigenvalue weighted by Gasteiger charge is 2.73. The largest absolute Gasteiger partial charge is 0.223 e. The van der Waals surface area contributed by atoms with E-state index in [9.17, 15) is 8.42 Å². The number of benzene rings is 3. The molecule has 1 saturated carbocycles. The fraction of sp³-hybridized carbons (Fsp3) is 0.182. The van der Waals surface area contributed by atoms with Gasteiger partial charge < -0.3 is 0 Å². The van der Waals surface area contributed by atoms with Crippen LogP contribution < -0.4 is 0 Å². The van der Waals surface area contributed by atoms with Crippen molar-refractivity contribution < 1.29 is 11.2 Å². The molecule has 3 aromatic rings. The molecule has 0 heterocycles. The predicted octanol–water partition coefficient (Wildman–Crippen LogP) is 4.72. The lowest BCUT2D eigenvalue weighted by molar-refractivity contribution is 0.565. The second-order valence-electron chi connectivity index (χ2n) is 6.48. The van der Waals surface area contributed by atoms with Gasteiger partial charge in [0, 0.05) is 8.16 Å². The zero-order valence-electron chi connectivity index (χ0n) is 15.9. The maximum Gasteiger partial charge on any atom is 0.189 e. The van der Waals surface area contributed by atoms with Crippen LogP contribution >= 0.6 is 0 Å². The molecule has 0 radical (unpaired) electrons. The van der Waals surface area contributed by atoms with Crippen LogP contribution in [0.5, 0.6) is 0 Å². The number of sulfone groups is 1. The highest BCUT2D eigenvalue weighted by molar-refractivity contribution is 7.92. The summed E-state index contributed by atoms with van der Waals surface area (Å²) in [5.41, 5.74) is -0.0549. The number of hydrogen-bond donors (Lipinski definition) is 0. The zero-order chi connectivity index (χ0) is 19.3. The van der Waals surface area contributed by atoms with Crippen molar-refractivity contribution in [1.82, 2.24) is 0 Å². The molecule has 1 fully saturated rings. The first-order chi connectivity index (χ1) is 12.8. The van der Waals surface area contributed by atoms with E-state index in [4.69, 9.17) is 2.74 Å². The molecule has 3 aromatic carbocycles. The van der Waals surface area contributed by atoms with Crippen LogP contribution in [-0.2, 0) is 20.0 Å². The molecule has 0 bridgehead atoms. The Morgan fingerprint density at radius 1 is 0.760 bits per heavy atom. The van der Waals surface area contributed by atoms with Crippen LogP contribution in [0, 0.1) is 0 Å². The van der Waals surface area contributed by atoms with Crippen molar-refractivity contribution in [3.8, 4) is 0 Å². The molecule has 0 aliphatic heterocycles. The van der Waals surface area contributed by atoms with Crippen LogP contribution in [0.15, 0.2) is 95.9 Å². The second-order valence-corrected chi connectivity index (χ2v) is 8.57. The minimum Gasteiger partial charge on any atom is -0.223 e. The molecule has 2 nitrogen and oxygen atoms in total. The molecule has 1 aliphatic carbocycles. The SMILES string of the molecule is [2H]C1([2H])[C@](C)(c2ccccc2)[C@@]1(c1ccccc1)S(=O)(=O)c1ccccc1. The van der Waals surface area contributed by atoms with E-state index in [0.29, 0.717) is 11.1 Å². The summed E-state index contributed by atoms with van der Waals surface area (Å²) in [5, 5.41) is 0. The van der Waals surface area contributed by atoms with Gasteiger partial charge in [0.2, 0.25) is 0 Å². The molecule has 3 heteroatoms. The third-order valence-electron chi connectivity index (χ3n) is 5.06. The van der Waals surface area contributed by atoms with E-state index in [1.807, 2.05) is 36.4 Å². The van der Waals surface area contributed by atoms with Gasteiger partial charge in [-0.3, -0.25) is 0 Å². The third-order valence-corrected chi connectivity index (χ3v) is 7.50. The molecule has 0 N–H and O–H groups in total. The van der Waals surface area contributed by atoms with Crippen LogP contribution in [0.1, 0.15) is 27.2 Å². The van der Waals surface area contributed by atoms with Crippen molar-refractivity contribution in [3.63, 3.8) is 0 Å². The fourth-order valence-electron chi connectivity index (χ4n) is 3.67. The normalized spacial score (nSPS) is 28.7. The van der Waals surface area contributed by atoms with Crippen molar-refractivity contribution in [2.45, 2.75) is 28.4 Å². The van der Waals surface area contributed by atoms with E-state index in [1.54, 1.807) is 61.5 Å². The van der Waals surface area contributed by atoms with Gasteiger partial charge >= 0.3 is 0 Å². The van der Waals surface area contributed by atoms with Crippen molar-refractivity contribution in [2.75, 3.05) is 0 Å². The second kappa shape index (κ2) is 5.57. The Morgan fingerprint density at radius 2 is 1.20 bits per heavy atom. The summed E-state index contributed by atoms with van der Waals surface area (Å²) in [7, 11) is -4.02. The van der Waals surface area contributed by atoms with Gasteiger partial charge in [0.15, 0.2) is 9.84 Å². The summed E-state index contributed by atoms with van der Waals surface area (Å²) in [4.78, 5) is 0.136. The van der Waals surface area contributed by atoms with Gasteiger partial charge in [-0.25, -0.2) is 8.42 Å². The smallest absolute Gasteiger partial charge is 0.189 e. The standard InChI is InChI=1S/C22H20O2S/c1-21(18-11-5-2-6-12-18)17-22(21,19-13-7-3-8-14-19)25(23,24)20-15-9-4-10-16-20/h2-16H,17H2,1H3/t21-,22-/m1/s1/i17D2. The summed E-state index contributed by atoms with van der Waals surface area (Å²) >= 11 is 0. The minimum absolute atomic E-state index is 0.136. The summed E-state index contributed by atoms with van der Waals surface area (Å²) < 4.78 is 43.8. The van der Waals surface area contributed by atoms with Gasteiger partial charge in [0.25, 0.3) is 0 Å². The van der Waals surface area contributed by atoms with E-state index in [-0.39, 0.29) is 4.90 Å². The average Bonchev–Trinajstić information content (AvgIpc) is 3.13. The Hall–Kier alpha value is -2.39. The monoisotopic (exact) mass is 350 g/mol. The van der Waals surface area contributed by atoms with E-state index in [0.717, 1.165) is 0 Å². The molecule has 4 rings (SSSR count). The quantitative estimate of drug-likeness (QED) is 0.682. The minimum atomic E-state index is -4.02. The molecule has 0 spiro atoms. The summed E-state index contributed by atoms with van der Waals surface area (Å²) in [6.07, 6.45) is -1.97. The van der Waals surface area contributed by atoms with Gasteiger partial charge in [0.05, 0.1) is 4.90 Å². The van der Waals surface area contributed by atoms with E-state index in [2.05, 4.69) is 0 Å². The molecule has 0 aromatic heterocycles. The first kappa shape index (κ1) is 13.9. The molecule has 0 saturated heterocycles. The van der Waals surface area contributed by atoms with Crippen molar-refractivity contribution in [1.29, 1.82) is 0 Å². The Morgan fingerprint density at radius 3 is 1.72 bits per heavy atom. The Bertz CT molecular complexity index is 1070. The molecular formula is C22H20O2S. The van der Waals surface area contributed by atoms with Gasteiger partial charge in [-0.2, -0.15) is 0 Å². The number of hydrogen-bond acceptors (Lipinski definition) is 2. The summed E-state index contributed by atoms with van der Waals surface area (Å²) in [6, 6.07) is 26.0. The Labute approximate surface area is 151 Å². The maximum atomic E-state index is 13.9. The lowest BCUT2D eigenvalue weighted by atomic mass is 9.92. The maximum absolute atomic E-state index is 13.9. The third kappa shape index (κ3) is 2.19. The summed E-state index contributed by atoms with van der Waals surface area (Å²) in [5.74, 6) is 0. The van der Waals surface area contributed by atoms with E-state index in [1.165, 1.54) is 0 Å². The number of rotatable bonds is 4. The van der Waals surface area contributed by atoms with Crippen LogP contribution in [0.3, 0.4) is 0 Å².